The van der Waals surface area contributed by atoms with Crippen molar-refractivity contribution in [2.45, 2.75) is 33.3 Å². The van der Waals surface area contributed by atoms with Gasteiger partial charge >= 0.3 is 5.97 Å². The Bertz CT molecular complexity index is 442. The number of esters is 1. The highest BCUT2D eigenvalue weighted by Crippen LogP contribution is 2.26. The molecule has 0 aromatic heterocycles. The Morgan fingerprint density at radius 3 is 2.65 bits per heavy atom. The van der Waals surface area contributed by atoms with E-state index >= 15 is 0 Å². The summed E-state index contributed by atoms with van der Waals surface area (Å²) in [5, 5.41) is 0. The minimum Gasteiger partial charge on any atom is -0.494 e. The van der Waals surface area contributed by atoms with Crippen molar-refractivity contribution in [3.8, 4) is 5.75 Å². The predicted molar refractivity (Wildman–Crippen MR) is 79.2 cm³/mol. The summed E-state index contributed by atoms with van der Waals surface area (Å²) in [7, 11) is 0. The molecule has 1 atom stereocenters. The van der Waals surface area contributed by atoms with E-state index in [9.17, 15) is 4.79 Å². The zero-order valence-corrected chi connectivity index (χ0v) is 12.5. The number of rotatable bonds is 5. The van der Waals surface area contributed by atoms with Gasteiger partial charge in [0.25, 0.3) is 0 Å². The molecule has 1 unspecified atom stereocenters. The standard InChI is InChI=1S/C16H23NO3/c1-4-19-15-7-5-14(6-8-15)17-10-9-13(11-17)16(18)20-12(2)3/h5-8,12-13H,4,9-11H2,1-3H3. The summed E-state index contributed by atoms with van der Waals surface area (Å²) < 4.78 is 10.7. The van der Waals surface area contributed by atoms with Crippen LogP contribution in [0, 0.1) is 5.92 Å². The molecule has 1 saturated heterocycles. The lowest BCUT2D eigenvalue weighted by Gasteiger charge is -2.19. The molecule has 1 fully saturated rings. The van der Waals surface area contributed by atoms with Crippen molar-refractivity contribution in [2.75, 3.05) is 24.6 Å². The van der Waals surface area contributed by atoms with Gasteiger partial charge in [0.15, 0.2) is 0 Å². The molecule has 0 aliphatic carbocycles. The SMILES string of the molecule is CCOc1ccc(N2CCC(C(=O)OC(C)C)C2)cc1. The van der Waals surface area contributed by atoms with Crippen LogP contribution in [0.5, 0.6) is 5.75 Å². The molecule has 1 heterocycles. The van der Waals surface area contributed by atoms with E-state index in [0.717, 1.165) is 30.9 Å². The largest absolute Gasteiger partial charge is 0.494 e. The lowest BCUT2D eigenvalue weighted by molar-refractivity contribution is -0.151. The molecule has 1 aromatic carbocycles. The van der Waals surface area contributed by atoms with E-state index in [1.54, 1.807) is 0 Å². The Balaban J connectivity index is 1.93. The van der Waals surface area contributed by atoms with Gasteiger partial charge in [-0.3, -0.25) is 4.79 Å². The first-order chi connectivity index (χ1) is 9.60. The smallest absolute Gasteiger partial charge is 0.311 e. The number of nitrogens with zero attached hydrogens (tertiary/aromatic N) is 1. The second kappa shape index (κ2) is 6.64. The number of ether oxygens (including phenoxy) is 2. The molecule has 1 aliphatic rings. The summed E-state index contributed by atoms with van der Waals surface area (Å²) in [6, 6.07) is 8.03. The lowest BCUT2D eigenvalue weighted by atomic mass is 10.1. The quantitative estimate of drug-likeness (QED) is 0.776. The second-order valence-electron chi connectivity index (χ2n) is 5.34. The summed E-state index contributed by atoms with van der Waals surface area (Å²) >= 11 is 0. The minimum atomic E-state index is -0.0755. The fraction of sp³-hybridized carbons (Fsp3) is 0.562. The molecular formula is C16H23NO3. The summed E-state index contributed by atoms with van der Waals surface area (Å²) in [5.41, 5.74) is 1.13. The molecular weight excluding hydrogens is 254 g/mol. The topological polar surface area (TPSA) is 38.8 Å². The van der Waals surface area contributed by atoms with Crippen molar-refractivity contribution < 1.29 is 14.3 Å². The molecule has 20 heavy (non-hydrogen) atoms. The monoisotopic (exact) mass is 277 g/mol. The average molecular weight is 277 g/mol. The molecule has 4 nitrogen and oxygen atoms in total. The van der Waals surface area contributed by atoms with E-state index in [0.29, 0.717) is 6.61 Å². The number of benzene rings is 1. The van der Waals surface area contributed by atoms with Gasteiger partial charge in [0.2, 0.25) is 0 Å². The van der Waals surface area contributed by atoms with Crippen molar-refractivity contribution in [1.29, 1.82) is 0 Å². The Labute approximate surface area is 120 Å². The Kier molecular flexibility index (Phi) is 4.88. The highest BCUT2D eigenvalue weighted by molar-refractivity contribution is 5.74. The Morgan fingerprint density at radius 1 is 1.35 bits per heavy atom. The van der Waals surface area contributed by atoms with Crippen LogP contribution in [0.3, 0.4) is 0 Å². The maximum Gasteiger partial charge on any atom is 0.311 e. The summed E-state index contributed by atoms with van der Waals surface area (Å²) in [6.07, 6.45) is 0.820. The average Bonchev–Trinajstić information content (AvgIpc) is 2.89. The fourth-order valence-corrected chi connectivity index (χ4v) is 2.44. The van der Waals surface area contributed by atoms with Crippen LogP contribution < -0.4 is 9.64 Å². The summed E-state index contributed by atoms with van der Waals surface area (Å²) in [4.78, 5) is 14.1. The van der Waals surface area contributed by atoms with Gasteiger partial charge in [0, 0.05) is 18.8 Å². The van der Waals surface area contributed by atoms with E-state index in [1.165, 1.54) is 0 Å². The molecule has 0 bridgehead atoms. The molecule has 4 heteroatoms. The van der Waals surface area contributed by atoms with Gasteiger partial charge in [-0.25, -0.2) is 0 Å². The third-order valence-electron chi connectivity index (χ3n) is 3.39. The van der Waals surface area contributed by atoms with Crippen molar-refractivity contribution in [3.05, 3.63) is 24.3 Å². The highest BCUT2D eigenvalue weighted by Gasteiger charge is 2.30. The van der Waals surface area contributed by atoms with Crippen molar-refractivity contribution in [3.63, 3.8) is 0 Å². The van der Waals surface area contributed by atoms with Gasteiger partial charge in [0.05, 0.1) is 18.6 Å². The molecule has 0 saturated carbocycles. The van der Waals surface area contributed by atoms with Crippen molar-refractivity contribution >= 4 is 11.7 Å². The number of hydrogen-bond donors (Lipinski definition) is 0. The van der Waals surface area contributed by atoms with Gasteiger partial charge in [-0.2, -0.15) is 0 Å². The highest BCUT2D eigenvalue weighted by atomic mass is 16.5. The number of hydrogen-bond acceptors (Lipinski definition) is 4. The lowest BCUT2D eigenvalue weighted by Crippen LogP contribution is -2.25. The van der Waals surface area contributed by atoms with Crippen LogP contribution in [-0.2, 0) is 9.53 Å². The number of carbonyl (C=O) groups excluding carboxylic acids is 1. The molecule has 1 aliphatic heterocycles. The normalized spacial score (nSPS) is 18.4. The van der Waals surface area contributed by atoms with Crippen molar-refractivity contribution in [1.82, 2.24) is 0 Å². The van der Waals surface area contributed by atoms with E-state index < -0.39 is 0 Å². The fourth-order valence-electron chi connectivity index (χ4n) is 2.44. The van der Waals surface area contributed by atoms with Gasteiger partial charge in [-0.1, -0.05) is 0 Å². The van der Waals surface area contributed by atoms with Gasteiger partial charge < -0.3 is 14.4 Å². The molecule has 0 amide bonds. The van der Waals surface area contributed by atoms with Crippen LogP contribution in [0.1, 0.15) is 27.2 Å². The zero-order valence-electron chi connectivity index (χ0n) is 12.5. The molecule has 1 aromatic rings. The number of anilines is 1. The molecule has 0 N–H and O–H groups in total. The maximum atomic E-state index is 11.9. The van der Waals surface area contributed by atoms with Gasteiger partial charge in [-0.05, 0) is 51.5 Å². The first-order valence-corrected chi connectivity index (χ1v) is 7.28. The third-order valence-corrected chi connectivity index (χ3v) is 3.39. The van der Waals surface area contributed by atoms with Crippen LogP contribution in [0.15, 0.2) is 24.3 Å². The van der Waals surface area contributed by atoms with E-state index in [1.807, 2.05) is 45.0 Å². The third kappa shape index (κ3) is 3.65. The van der Waals surface area contributed by atoms with Crippen LogP contribution in [0.2, 0.25) is 0 Å². The van der Waals surface area contributed by atoms with Crippen LogP contribution in [-0.4, -0.2) is 31.8 Å². The molecule has 0 radical (unpaired) electrons. The summed E-state index contributed by atoms with van der Waals surface area (Å²) in [5.74, 6) is 0.795. The Morgan fingerprint density at radius 2 is 2.05 bits per heavy atom. The first kappa shape index (κ1) is 14.7. The minimum absolute atomic E-state index is 0.0102. The number of carbonyl (C=O) groups is 1. The van der Waals surface area contributed by atoms with Crippen LogP contribution in [0.25, 0.3) is 0 Å². The van der Waals surface area contributed by atoms with Crippen LogP contribution in [0.4, 0.5) is 5.69 Å². The predicted octanol–water partition coefficient (Wildman–Crippen LogP) is 2.86. The zero-order chi connectivity index (χ0) is 14.5. The maximum absolute atomic E-state index is 11.9. The van der Waals surface area contributed by atoms with E-state index in [2.05, 4.69) is 4.90 Å². The Hall–Kier alpha value is -1.71. The molecule has 2 rings (SSSR count). The van der Waals surface area contributed by atoms with Gasteiger partial charge in [0.1, 0.15) is 5.75 Å². The van der Waals surface area contributed by atoms with Crippen molar-refractivity contribution in [2.24, 2.45) is 5.92 Å². The van der Waals surface area contributed by atoms with E-state index in [4.69, 9.17) is 9.47 Å². The molecule has 110 valence electrons. The molecule has 0 spiro atoms. The summed E-state index contributed by atoms with van der Waals surface area (Å²) in [6.45, 7) is 8.05. The van der Waals surface area contributed by atoms with Crippen LogP contribution >= 0.6 is 0 Å². The second-order valence-corrected chi connectivity index (χ2v) is 5.34. The first-order valence-electron chi connectivity index (χ1n) is 7.28. The van der Waals surface area contributed by atoms with Gasteiger partial charge in [-0.15, -0.1) is 0 Å². The van der Waals surface area contributed by atoms with E-state index in [-0.39, 0.29) is 18.0 Å².